The maximum Gasteiger partial charge on any atom is 0.315 e. The lowest BCUT2D eigenvalue weighted by atomic mass is 10.0. The number of aryl methyl sites for hydroxylation is 1. The van der Waals surface area contributed by atoms with Crippen LogP contribution in [0, 0.1) is 12.8 Å². The number of carbonyl (C=O) groups excluding carboxylic acids is 1. The molecule has 1 unspecified atom stereocenters. The number of rotatable bonds is 7. The molecule has 5 heteroatoms. The van der Waals surface area contributed by atoms with Gasteiger partial charge in [-0.1, -0.05) is 43.2 Å². The lowest BCUT2D eigenvalue weighted by Gasteiger charge is -2.14. The molecule has 0 saturated carbocycles. The number of carboxylic acid groups (broad SMARTS) is 1. The molecule has 0 aromatic heterocycles. The molecule has 0 aliphatic carbocycles. The topological polar surface area (TPSA) is 78.4 Å². The van der Waals surface area contributed by atoms with Crippen molar-refractivity contribution in [2.24, 2.45) is 5.92 Å². The molecule has 0 saturated heterocycles. The third-order valence-electron chi connectivity index (χ3n) is 3.13. The molecule has 110 valence electrons. The summed E-state index contributed by atoms with van der Waals surface area (Å²) in [6.07, 6.45) is 0.805. The van der Waals surface area contributed by atoms with Crippen LogP contribution in [-0.2, 0) is 11.3 Å². The molecule has 0 aliphatic heterocycles. The first-order valence-corrected chi connectivity index (χ1v) is 6.80. The molecule has 2 amide bonds. The Kier molecular flexibility index (Phi) is 6.56. The molecule has 0 aliphatic rings. The Labute approximate surface area is 119 Å². The molecule has 0 spiro atoms. The Morgan fingerprint density at radius 1 is 1.30 bits per heavy atom. The quantitative estimate of drug-likeness (QED) is 0.716. The van der Waals surface area contributed by atoms with Crippen molar-refractivity contribution in [3.63, 3.8) is 0 Å². The molecule has 0 fully saturated rings. The van der Waals surface area contributed by atoms with Crippen LogP contribution in [0.5, 0.6) is 0 Å². The van der Waals surface area contributed by atoms with Gasteiger partial charge in [-0.3, -0.25) is 4.79 Å². The van der Waals surface area contributed by atoms with Gasteiger partial charge in [0.15, 0.2) is 0 Å². The van der Waals surface area contributed by atoms with Crippen molar-refractivity contribution in [3.8, 4) is 0 Å². The molecule has 1 aromatic carbocycles. The van der Waals surface area contributed by atoms with Crippen LogP contribution in [0.15, 0.2) is 24.3 Å². The molecule has 5 nitrogen and oxygen atoms in total. The van der Waals surface area contributed by atoms with Gasteiger partial charge in [-0.15, -0.1) is 0 Å². The first kappa shape index (κ1) is 16.0. The van der Waals surface area contributed by atoms with Gasteiger partial charge in [0.25, 0.3) is 0 Å². The Morgan fingerprint density at radius 2 is 2.05 bits per heavy atom. The molecule has 1 atom stereocenters. The lowest BCUT2D eigenvalue weighted by Crippen LogP contribution is -2.38. The fraction of sp³-hybridized carbons (Fsp3) is 0.467. The van der Waals surface area contributed by atoms with Crippen LogP contribution in [-0.4, -0.2) is 23.7 Å². The third kappa shape index (κ3) is 6.22. The summed E-state index contributed by atoms with van der Waals surface area (Å²) in [5.74, 6) is -0.865. The van der Waals surface area contributed by atoms with E-state index in [0.29, 0.717) is 13.1 Å². The van der Waals surface area contributed by atoms with Gasteiger partial charge in [-0.2, -0.15) is 0 Å². The standard InChI is InChI=1S/C15H22N2O3/c1-3-12(8-14(18)19)9-16-15(20)17-10-13-6-4-5-11(2)7-13/h4-7,12H,3,8-10H2,1-2H3,(H,18,19)(H2,16,17,20). The fourth-order valence-corrected chi connectivity index (χ4v) is 1.91. The maximum absolute atomic E-state index is 11.6. The van der Waals surface area contributed by atoms with E-state index in [2.05, 4.69) is 10.6 Å². The maximum atomic E-state index is 11.6. The van der Waals surface area contributed by atoms with Gasteiger partial charge in [0.05, 0.1) is 0 Å². The van der Waals surface area contributed by atoms with Gasteiger partial charge < -0.3 is 15.7 Å². The summed E-state index contributed by atoms with van der Waals surface area (Å²) in [7, 11) is 0. The Morgan fingerprint density at radius 3 is 2.65 bits per heavy atom. The Balaban J connectivity index is 2.31. The van der Waals surface area contributed by atoms with E-state index < -0.39 is 5.97 Å². The smallest absolute Gasteiger partial charge is 0.315 e. The number of carbonyl (C=O) groups is 2. The van der Waals surface area contributed by atoms with Gasteiger partial charge >= 0.3 is 12.0 Å². The summed E-state index contributed by atoms with van der Waals surface area (Å²) in [6, 6.07) is 7.65. The largest absolute Gasteiger partial charge is 0.481 e. The number of urea groups is 1. The summed E-state index contributed by atoms with van der Waals surface area (Å²) in [5.41, 5.74) is 2.19. The molecule has 1 aromatic rings. The molecular weight excluding hydrogens is 256 g/mol. The normalized spacial score (nSPS) is 11.7. The number of hydrogen-bond donors (Lipinski definition) is 3. The second-order valence-electron chi connectivity index (χ2n) is 4.92. The van der Waals surface area contributed by atoms with Gasteiger partial charge in [0.1, 0.15) is 0 Å². The zero-order valence-corrected chi connectivity index (χ0v) is 12.0. The van der Waals surface area contributed by atoms with Crippen LogP contribution in [0.1, 0.15) is 30.9 Å². The second kappa shape index (κ2) is 8.19. The van der Waals surface area contributed by atoms with Crippen LogP contribution in [0.4, 0.5) is 4.79 Å². The van der Waals surface area contributed by atoms with E-state index in [0.717, 1.165) is 17.5 Å². The summed E-state index contributed by atoms with van der Waals surface area (Å²) in [5, 5.41) is 14.2. The minimum atomic E-state index is -0.834. The van der Waals surface area contributed by atoms with Crippen molar-refractivity contribution in [3.05, 3.63) is 35.4 Å². The van der Waals surface area contributed by atoms with Gasteiger partial charge in [-0.05, 0) is 18.4 Å². The predicted molar refractivity (Wildman–Crippen MR) is 77.5 cm³/mol. The fourth-order valence-electron chi connectivity index (χ4n) is 1.91. The molecule has 20 heavy (non-hydrogen) atoms. The number of aliphatic carboxylic acids is 1. The number of benzene rings is 1. The summed E-state index contributed by atoms with van der Waals surface area (Å²) in [4.78, 5) is 22.3. The van der Waals surface area contributed by atoms with Crippen molar-refractivity contribution in [1.82, 2.24) is 10.6 Å². The van der Waals surface area contributed by atoms with Crippen LogP contribution in [0.3, 0.4) is 0 Å². The van der Waals surface area contributed by atoms with Crippen molar-refractivity contribution < 1.29 is 14.7 Å². The zero-order valence-electron chi connectivity index (χ0n) is 12.0. The first-order chi connectivity index (χ1) is 9.51. The van der Waals surface area contributed by atoms with Crippen molar-refractivity contribution in [2.75, 3.05) is 6.54 Å². The highest BCUT2D eigenvalue weighted by molar-refractivity contribution is 5.74. The molecule has 3 N–H and O–H groups in total. The zero-order chi connectivity index (χ0) is 15.0. The van der Waals surface area contributed by atoms with E-state index in [9.17, 15) is 9.59 Å². The summed E-state index contributed by atoms with van der Waals surface area (Å²) in [6.45, 7) is 4.76. The van der Waals surface area contributed by atoms with Crippen LogP contribution in [0.2, 0.25) is 0 Å². The Bertz CT molecular complexity index is 460. The molecular formula is C15H22N2O3. The van der Waals surface area contributed by atoms with E-state index in [1.54, 1.807) is 0 Å². The number of nitrogens with one attached hydrogen (secondary N) is 2. The van der Waals surface area contributed by atoms with E-state index >= 15 is 0 Å². The lowest BCUT2D eigenvalue weighted by molar-refractivity contribution is -0.138. The van der Waals surface area contributed by atoms with Gasteiger partial charge in [-0.25, -0.2) is 4.79 Å². The number of amides is 2. The number of hydrogen-bond acceptors (Lipinski definition) is 2. The average Bonchev–Trinajstić information content (AvgIpc) is 2.40. The molecule has 0 heterocycles. The van der Waals surface area contributed by atoms with Crippen molar-refractivity contribution in [1.29, 1.82) is 0 Å². The van der Waals surface area contributed by atoms with Crippen molar-refractivity contribution >= 4 is 12.0 Å². The number of carboxylic acids is 1. The molecule has 0 bridgehead atoms. The summed E-state index contributed by atoms with van der Waals surface area (Å²) < 4.78 is 0. The van der Waals surface area contributed by atoms with E-state index in [1.165, 1.54) is 0 Å². The molecule has 0 radical (unpaired) electrons. The SMILES string of the molecule is CCC(CNC(=O)NCc1cccc(C)c1)CC(=O)O. The minimum absolute atomic E-state index is 0.0304. The Hall–Kier alpha value is -2.04. The van der Waals surface area contributed by atoms with Crippen LogP contribution >= 0.6 is 0 Å². The van der Waals surface area contributed by atoms with Crippen LogP contribution in [0.25, 0.3) is 0 Å². The second-order valence-corrected chi connectivity index (χ2v) is 4.92. The summed E-state index contributed by atoms with van der Waals surface area (Å²) >= 11 is 0. The van der Waals surface area contributed by atoms with Crippen molar-refractivity contribution in [2.45, 2.75) is 33.2 Å². The van der Waals surface area contributed by atoms with Gasteiger partial charge in [0.2, 0.25) is 0 Å². The highest BCUT2D eigenvalue weighted by Crippen LogP contribution is 2.06. The van der Waals surface area contributed by atoms with E-state index in [-0.39, 0.29) is 18.4 Å². The molecule has 1 rings (SSSR count). The highest BCUT2D eigenvalue weighted by Gasteiger charge is 2.12. The monoisotopic (exact) mass is 278 g/mol. The van der Waals surface area contributed by atoms with E-state index in [1.807, 2.05) is 38.1 Å². The minimum Gasteiger partial charge on any atom is -0.481 e. The van der Waals surface area contributed by atoms with E-state index in [4.69, 9.17) is 5.11 Å². The highest BCUT2D eigenvalue weighted by atomic mass is 16.4. The van der Waals surface area contributed by atoms with Crippen LogP contribution < -0.4 is 10.6 Å². The first-order valence-electron chi connectivity index (χ1n) is 6.80. The predicted octanol–water partition coefficient (Wildman–Crippen LogP) is 2.30. The van der Waals surface area contributed by atoms with Gasteiger partial charge in [0, 0.05) is 19.5 Å². The third-order valence-corrected chi connectivity index (χ3v) is 3.13. The average molecular weight is 278 g/mol.